The molecule has 92 valence electrons. The maximum Gasteiger partial charge on any atom is 0.190 e. The highest BCUT2D eigenvalue weighted by Gasteiger charge is 2.19. The van der Waals surface area contributed by atoms with Crippen molar-refractivity contribution < 1.29 is 4.74 Å². The van der Waals surface area contributed by atoms with Crippen LogP contribution in [0.4, 0.5) is 0 Å². The summed E-state index contributed by atoms with van der Waals surface area (Å²) < 4.78 is 2.89. The second-order valence-corrected chi connectivity index (χ2v) is 8.08. The third-order valence-corrected chi connectivity index (χ3v) is 2.63. The van der Waals surface area contributed by atoms with E-state index >= 15 is 0 Å². The lowest BCUT2D eigenvalue weighted by Gasteiger charge is -2.11. The summed E-state index contributed by atoms with van der Waals surface area (Å²) in [5.41, 5.74) is 0. The van der Waals surface area contributed by atoms with Crippen LogP contribution in [-0.4, -0.2) is 20.8 Å². The van der Waals surface area contributed by atoms with Crippen LogP contribution in [0.1, 0.15) is 25.7 Å². The van der Waals surface area contributed by atoms with Crippen LogP contribution in [-0.2, 0) is 4.74 Å². The molecular formula is C8H12Cl6O. The van der Waals surface area contributed by atoms with Gasteiger partial charge in [-0.05, 0) is 25.7 Å². The number of hydrogen-bond donors (Lipinski definition) is 0. The monoisotopic (exact) mass is 334 g/mol. The van der Waals surface area contributed by atoms with Gasteiger partial charge >= 0.3 is 0 Å². The number of alkyl halides is 6. The predicted molar refractivity (Wildman–Crippen MR) is 69.9 cm³/mol. The molecule has 0 spiro atoms. The minimum atomic E-state index is -1.19. The highest BCUT2D eigenvalue weighted by molar-refractivity contribution is 6.67. The lowest BCUT2D eigenvalue weighted by molar-refractivity contribution is 0.127. The lowest BCUT2D eigenvalue weighted by atomic mass is 10.3. The molecule has 0 aromatic rings. The topological polar surface area (TPSA) is 9.23 Å². The highest BCUT2D eigenvalue weighted by atomic mass is 35.6. The Labute approximate surface area is 120 Å². The third kappa shape index (κ3) is 15.7. The van der Waals surface area contributed by atoms with Crippen LogP contribution in [0.5, 0.6) is 0 Å². The summed E-state index contributed by atoms with van der Waals surface area (Å²) in [5, 5.41) is 0. The van der Waals surface area contributed by atoms with Crippen LogP contribution in [0.25, 0.3) is 0 Å². The van der Waals surface area contributed by atoms with Gasteiger partial charge in [0.05, 0.1) is 0 Å². The van der Waals surface area contributed by atoms with Crippen molar-refractivity contribution in [2.45, 2.75) is 33.3 Å². The van der Waals surface area contributed by atoms with E-state index in [2.05, 4.69) is 0 Å². The van der Waals surface area contributed by atoms with Crippen molar-refractivity contribution in [2.24, 2.45) is 0 Å². The minimum absolute atomic E-state index is 0.474. The van der Waals surface area contributed by atoms with Gasteiger partial charge < -0.3 is 4.74 Å². The summed E-state index contributed by atoms with van der Waals surface area (Å²) in [6, 6.07) is 0. The Hall–Kier alpha value is 1.70. The molecule has 0 heterocycles. The smallest absolute Gasteiger partial charge is 0.190 e. The zero-order chi connectivity index (χ0) is 11.9. The first-order chi connectivity index (χ1) is 6.71. The van der Waals surface area contributed by atoms with Crippen molar-refractivity contribution in [1.82, 2.24) is 0 Å². The van der Waals surface area contributed by atoms with Gasteiger partial charge in [0.2, 0.25) is 0 Å². The summed E-state index contributed by atoms with van der Waals surface area (Å²) in [6.07, 6.45) is 2.35. The SMILES string of the molecule is ClC(Cl)(Cl)CCCOCCCC(Cl)(Cl)Cl. The zero-order valence-electron chi connectivity index (χ0n) is 7.92. The summed E-state index contributed by atoms with van der Waals surface area (Å²) in [4.78, 5) is 0. The molecule has 0 saturated heterocycles. The highest BCUT2D eigenvalue weighted by Crippen LogP contribution is 2.32. The standard InChI is InChI=1S/C8H12Cl6O/c9-7(10,11)3-1-5-15-6-2-4-8(12,13)14/h1-6H2. The Morgan fingerprint density at radius 3 is 1.27 bits per heavy atom. The maximum absolute atomic E-state index is 5.56. The number of halogens is 6. The first kappa shape index (κ1) is 16.7. The molecule has 0 saturated carbocycles. The average molecular weight is 337 g/mol. The first-order valence-corrected chi connectivity index (χ1v) is 6.69. The Bertz CT molecular complexity index is 143. The Balaban J connectivity index is 3.20. The summed E-state index contributed by atoms with van der Waals surface area (Å²) in [7, 11) is 0. The van der Waals surface area contributed by atoms with E-state index in [1.165, 1.54) is 0 Å². The quantitative estimate of drug-likeness (QED) is 0.472. The molecule has 0 aliphatic carbocycles. The number of ether oxygens (including phenoxy) is 1. The molecule has 7 heteroatoms. The van der Waals surface area contributed by atoms with Gasteiger partial charge in [-0.25, -0.2) is 0 Å². The molecule has 0 aromatic heterocycles. The van der Waals surface area contributed by atoms with Gasteiger partial charge in [0.1, 0.15) is 0 Å². The van der Waals surface area contributed by atoms with Crippen LogP contribution in [0.3, 0.4) is 0 Å². The van der Waals surface area contributed by atoms with Crippen LogP contribution < -0.4 is 0 Å². The molecule has 0 aromatic carbocycles. The van der Waals surface area contributed by atoms with E-state index < -0.39 is 7.59 Å². The molecule has 0 fully saturated rings. The van der Waals surface area contributed by atoms with E-state index in [0.29, 0.717) is 38.9 Å². The van der Waals surface area contributed by atoms with Crippen molar-refractivity contribution in [3.63, 3.8) is 0 Å². The fourth-order valence-corrected chi connectivity index (χ4v) is 1.65. The molecule has 0 N–H and O–H groups in total. The van der Waals surface area contributed by atoms with Crippen LogP contribution in [0.2, 0.25) is 0 Å². The van der Waals surface area contributed by atoms with E-state index in [4.69, 9.17) is 74.3 Å². The fraction of sp³-hybridized carbons (Fsp3) is 1.00. The molecule has 1 nitrogen and oxygen atoms in total. The lowest BCUT2D eigenvalue weighted by Crippen LogP contribution is -2.07. The normalized spacial score (nSPS) is 13.2. The molecule has 0 aliphatic rings. The minimum Gasteiger partial charge on any atom is -0.381 e. The second kappa shape index (κ2) is 7.92. The van der Waals surface area contributed by atoms with E-state index in [0.717, 1.165) is 0 Å². The van der Waals surface area contributed by atoms with Crippen molar-refractivity contribution in [3.8, 4) is 0 Å². The Kier molecular flexibility index (Phi) is 8.81. The Morgan fingerprint density at radius 2 is 1.00 bits per heavy atom. The van der Waals surface area contributed by atoms with E-state index in [9.17, 15) is 0 Å². The van der Waals surface area contributed by atoms with E-state index in [1.54, 1.807) is 0 Å². The zero-order valence-corrected chi connectivity index (χ0v) is 12.5. The molecule has 0 unspecified atom stereocenters. The molecule has 0 aliphatic heterocycles. The molecule has 15 heavy (non-hydrogen) atoms. The van der Waals surface area contributed by atoms with Crippen molar-refractivity contribution in [3.05, 3.63) is 0 Å². The van der Waals surface area contributed by atoms with Gasteiger partial charge in [0.15, 0.2) is 7.59 Å². The van der Waals surface area contributed by atoms with Crippen LogP contribution in [0.15, 0.2) is 0 Å². The summed E-state index contributed by atoms with van der Waals surface area (Å²) >= 11 is 33.3. The Morgan fingerprint density at radius 1 is 0.667 bits per heavy atom. The second-order valence-electron chi connectivity index (χ2n) is 3.05. The third-order valence-electron chi connectivity index (χ3n) is 1.50. The average Bonchev–Trinajstić information content (AvgIpc) is 1.98. The molecule has 0 amide bonds. The van der Waals surface area contributed by atoms with Crippen LogP contribution in [0, 0.1) is 0 Å². The van der Waals surface area contributed by atoms with Crippen molar-refractivity contribution in [2.75, 3.05) is 13.2 Å². The molecule has 0 radical (unpaired) electrons. The molecule has 0 rings (SSSR count). The number of rotatable bonds is 6. The number of hydrogen-bond acceptors (Lipinski definition) is 1. The van der Waals surface area contributed by atoms with Gasteiger partial charge in [0.25, 0.3) is 0 Å². The van der Waals surface area contributed by atoms with Gasteiger partial charge in [-0.2, -0.15) is 0 Å². The summed E-state index contributed by atoms with van der Waals surface area (Å²) in [6.45, 7) is 1.10. The van der Waals surface area contributed by atoms with Crippen molar-refractivity contribution >= 4 is 69.6 Å². The molecule has 0 bridgehead atoms. The molecular weight excluding hydrogens is 325 g/mol. The van der Waals surface area contributed by atoms with Crippen molar-refractivity contribution in [1.29, 1.82) is 0 Å². The van der Waals surface area contributed by atoms with E-state index in [-0.39, 0.29) is 0 Å². The fourth-order valence-electron chi connectivity index (χ4n) is 0.851. The summed E-state index contributed by atoms with van der Waals surface area (Å²) in [5.74, 6) is 0. The largest absolute Gasteiger partial charge is 0.381 e. The maximum atomic E-state index is 5.56. The van der Waals surface area contributed by atoms with Gasteiger partial charge in [0, 0.05) is 13.2 Å². The van der Waals surface area contributed by atoms with Gasteiger partial charge in [-0.3, -0.25) is 0 Å². The predicted octanol–water partition coefficient (Wildman–Crippen LogP) is 5.30. The van der Waals surface area contributed by atoms with Gasteiger partial charge in [-0.1, -0.05) is 69.6 Å². The van der Waals surface area contributed by atoms with E-state index in [1.807, 2.05) is 0 Å². The first-order valence-electron chi connectivity index (χ1n) is 4.42. The van der Waals surface area contributed by atoms with Crippen LogP contribution >= 0.6 is 69.6 Å². The van der Waals surface area contributed by atoms with Gasteiger partial charge in [-0.15, -0.1) is 0 Å². The molecule has 0 atom stereocenters.